The topological polar surface area (TPSA) is 112 Å². The Bertz CT molecular complexity index is 1460. The van der Waals surface area contributed by atoms with Crippen LogP contribution in [0, 0.1) is 6.92 Å². The molecule has 35 heavy (non-hydrogen) atoms. The van der Waals surface area contributed by atoms with Gasteiger partial charge < -0.3 is 18.6 Å². The second-order valence-electron chi connectivity index (χ2n) is 8.66. The van der Waals surface area contributed by atoms with E-state index in [1.54, 1.807) is 50.2 Å². The van der Waals surface area contributed by atoms with E-state index < -0.39 is 15.8 Å². The second kappa shape index (κ2) is 9.01. The number of aryl methyl sites for hydroxylation is 1. The van der Waals surface area contributed by atoms with E-state index >= 15 is 0 Å². The van der Waals surface area contributed by atoms with Gasteiger partial charge in [0.1, 0.15) is 29.6 Å². The molecule has 1 fully saturated rings. The number of ether oxygens (including phenoxy) is 3. The molecule has 9 nitrogen and oxygen atoms in total. The van der Waals surface area contributed by atoms with Crippen molar-refractivity contribution in [2.24, 2.45) is 0 Å². The van der Waals surface area contributed by atoms with Crippen LogP contribution in [0.1, 0.15) is 35.0 Å². The molecule has 0 amide bonds. The Morgan fingerprint density at radius 3 is 2.63 bits per heavy atom. The molecule has 3 aromatic rings. The second-order valence-corrected chi connectivity index (χ2v) is 10.9. The van der Waals surface area contributed by atoms with Crippen LogP contribution >= 0.6 is 0 Å². The standard InChI is InChI=1S/C25H25NO8S/c1-3-31-25(28)16-4-6-18(7-5-16)34-23-15(2)33-24-19(22(23)27)8-9-21-20(24)12-26(14-32-21)17-10-11-35(29,30)13-17/h4-9,17H,3,10-14H2,1-2H3/t17-/m0/s1. The van der Waals surface area contributed by atoms with Crippen molar-refractivity contribution < 1.29 is 31.8 Å². The van der Waals surface area contributed by atoms with E-state index in [1.807, 2.05) is 4.90 Å². The highest BCUT2D eigenvalue weighted by Gasteiger charge is 2.35. The van der Waals surface area contributed by atoms with Gasteiger partial charge >= 0.3 is 5.97 Å². The molecule has 0 spiro atoms. The molecule has 1 saturated heterocycles. The smallest absolute Gasteiger partial charge is 0.338 e. The van der Waals surface area contributed by atoms with Crippen molar-refractivity contribution in [2.75, 3.05) is 24.8 Å². The van der Waals surface area contributed by atoms with Crippen molar-refractivity contribution in [2.45, 2.75) is 32.9 Å². The van der Waals surface area contributed by atoms with Crippen LogP contribution in [0.2, 0.25) is 0 Å². The van der Waals surface area contributed by atoms with Gasteiger partial charge in [0.2, 0.25) is 11.2 Å². The fourth-order valence-corrected chi connectivity index (χ4v) is 6.24. The maximum atomic E-state index is 13.3. The monoisotopic (exact) mass is 499 g/mol. The Morgan fingerprint density at radius 1 is 1.17 bits per heavy atom. The lowest BCUT2D eigenvalue weighted by atomic mass is 10.1. The number of hydrogen-bond donors (Lipinski definition) is 0. The predicted molar refractivity (Wildman–Crippen MR) is 128 cm³/mol. The third kappa shape index (κ3) is 4.51. The number of hydrogen-bond acceptors (Lipinski definition) is 9. The summed E-state index contributed by atoms with van der Waals surface area (Å²) in [6.45, 7) is 4.36. The lowest BCUT2D eigenvalue weighted by Gasteiger charge is -2.33. The van der Waals surface area contributed by atoms with Crippen molar-refractivity contribution >= 4 is 26.8 Å². The Balaban J connectivity index is 1.45. The summed E-state index contributed by atoms with van der Waals surface area (Å²) in [6.07, 6.45) is 0.557. The van der Waals surface area contributed by atoms with Gasteiger partial charge in [-0.1, -0.05) is 0 Å². The first-order chi connectivity index (χ1) is 16.8. The van der Waals surface area contributed by atoms with Crippen molar-refractivity contribution in [3.05, 3.63) is 63.5 Å². The highest BCUT2D eigenvalue weighted by Crippen LogP contribution is 2.35. The number of fused-ring (bicyclic) bond motifs is 3. The van der Waals surface area contributed by atoms with Gasteiger partial charge in [0, 0.05) is 12.6 Å². The Morgan fingerprint density at radius 2 is 1.94 bits per heavy atom. The summed E-state index contributed by atoms with van der Waals surface area (Å²) >= 11 is 0. The number of carbonyl (C=O) groups is 1. The molecule has 0 saturated carbocycles. The summed E-state index contributed by atoms with van der Waals surface area (Å²) in [4.78, 5) is 27.2. The van der Waals surface area contributed by atoms with Gasteiger partial charge in [-0.2, -0.15) is 0 Å². The molecule has 10 heteroatoms. The molecule has 3 heterocycles. The van der Waals surface area contributed by atoms with E-state index in [0.29, 0.717) is 52.3 Å². The lowest BCUT2D eigenvalue weighted by molar-refractivity contribution is 0.0526. The first kappa shape index (κ1) is 23.4. The molecule has 0 unspecified atom stereocenters. The molecule has 2 aliphatic heterocycles. The summed E-state index contributed by atoms with van der Waals surface area (Å²) in [5, 5.41) is 0.344. The maximum absolute atomic E-state index is 13.3. The summed E-state index contributed by atoms with van der Waals surface area (Å²) in [7, 11) is -3.04. The fourth-order valence-electron chi connectivity index (χ4n) is 4.48. The Hall–Kier alpha value is -3.37. The minimum atomic E-state index is -3.04. The zero-order chi connectivity index (χ0) is 24.7. The van der Waals surface area contributed by atoms with Crippen LogP contribution in [0.25, 0.3) is 11.0 Å². The van der Waals surface area contributed by atoms with Gasteiger partial charge in [-0.25, -0.2) is 13.2 Å². The van der Waals surface area contributed by atoms with Crippen LogP contribution in [-0.2, 0) is 21.1 Å². The van der Waals surface area contributed by atoms with Gasteiger partial charge in [0.05, 0.1) is 34.6 Å². The van der Waals surface area contributed by atoms with E-state index in [2.05, 4.69) is 0 Å². The molecule has 5 rings (SSSR count). The Kier molecular flexibility index (Phi) is 6.02. The molecule has 2 aliphatic rings. The van der Waals surface area contributed by atoms with Crippen molar-refractivity contribution in [1.29, 1.82) is 0 Å². The maximum Gasteiger partial charge on any atom is 0.338 e. The van der Waals surface area contributed by atoms with E-state index in [9.17, 15) is 18.0 Å². The number of benzene rings is 2. The average Bonchev–Trinajstić information content (AvgIpc) is 3.21. The number of rotatable bonds is 5. The number of sulfone groups is 1. The van der Waals surface area contributed by atoms with Gasteiger partial charge in [0.25, 0.3) is 0 Å². The molecule has 184 valence electrons. The lowest BCUT2D eigenvalue weighted by Crippen LogP contribution is -2.41. The first-order valence-corrected chi connectivity index (χ1v) is 13.2. The highest BCUT2D eigenvalue weighted by atomic mass is 32.2. The van der Waals surface area contributed by atoms with Crippen molar-refractivity contribution in [3.63, 3.8) is 0 Å². The molecular formula is C25H25NO8S. The van der Waals surface area contributed by atoms with Gasteiger partial charge in [-0.15, -0.1) is 0 Å². The van der Waals surface area contributed by atoms with E-state index in [-0.39, 0.29) is 42.1 Å². The van der Waals surface area contributed by atoms with Crippen molar-refractivity contribution in [1.82, 2.24) is 4.90 Å². The molecule has 0 N–H and O–H groups in total. The summed E-state index contributed by atoms with van der Waals surface area (Å²) in [6, 6.07) is 9.55. The summed E-state index contributed by atoms with van der Waals surface area (Å²) < 4.78 is 46.6. The van der Waals surface area contributed by atoms with Crippen LogP contribution < -0.4 is 14.9 Å². The molecule has 1 aromatic heterocycles. The summed E-state index contributed by atoms with van der Waals surface area (Å²) in [5.74, 6) is 1.18. The van der Waals surface area contributed by atoms with Gasteiger partial charge in [-0.05, 0) is 56.7 Å². The quantitative estimate of drug-likeness (QED) is 0.487. The number of esters is 1. The molecule has 2 aromatic carbocycles. The van der Waals surface area contributed by atoms with Crippen LogP contribution in [-0.4, -0.2) is 50.2 Å². The fraction of sp³-hybridized carbons (Fsp3) is 0.360. The van der Waals surface area contributed by atoms with Crippen LogP contribution in [0.3, 0.4) is 0 Å². The first-order valence-electron chi connectivity index (χ1n) is 11.4. The van der Waals surface area contributed by atoms with E-state index in [0.717, 1.165) is 0 Å². The predicted octanol–water partition coefficient (Wildman–Crippen LogP) is 3.41. The normalized spacial score (nSPS) is 19.2. The minimum absolute atomic E-state index is 0.0526. The minimum Gasteiger partial charge on any atom is -0.478 e. The average molecular weight is 500 g/mol. The molecule has 1 atom stereocenters. The molecule has 0 aliphatic carbocycles. The van der Waals surface area contributed by atoms with E-state index in [4.69, 9.17) is 18.6 Å². The highest BCUT2D eigenvalue weighted by molar-refractivity contribution is 7.91. The van der Waals surface area contributed by atoms with E-state index in [1.165, 1.54) is 0 Å². The van der Waals surface area contributed by atoms with Crippen LogP contribution in [0.4, 0.5) is 0 Å². The van der Waals surface area contributed by atoms with Crippen LogP contribution in [0.15, 0.2) is 45.6 Å². The third-order valence-electron chi connectivity index (χ3n) is 6.30. The molecular weight excluding hydrogens is 474 g/mol. The SMILES string of the molecule is CCOC(=O)c1ccc(Oc2c(C)oc3c4c(ccc3c2=O)OCN([C@H]2CCS(=O)(=O)C2)C4)cc1. The third-order valence-corrected chi connectivity index (χ3v) is 8.05. The Labute approximate surface area is 202 Å². The zero-order valence-electron chi connectivity index (χ0n) is 19.4. The number of nitrogens with zero attached hydrogens (tertiary/aromatic N) is 1. The molecule has 0 bridgehead atoms. The summed E-state index contributed by atoms with van der Waals surface area (Å²) in [5.41, 5.74) is 1.17. The number of carbonyl (C=O) groups excluding carboxylic acids is 1. The van der Waals surface area contributed by atoms with Gasteiger partial charge in [-0.3, -0.25) is 9.69 Å². The zero-order valence-corrected chi connectivity index (χ0v) is 20.2. The van der Waals surface area contributed by atoms with Gasteiger partial charge in [0.15, 0.2) is 9.84 Å². The molecule has 0 radical (unpaired) electrons. The van der Waals surface area contributed by atoms with Crippen molar-refractivity contribution in [3.8, 4) is 17.2 Å². The largest absolute Gasteiger partial charge is 0.478 e. The van der Waals surface area contributed by atoms with Crippen LogP contribution in [0.5, 0.6) is 17.2 Å².